The van der Waals surface area contributed by atoms with Gasteiger partial charge in [0.05, 0.1) is 12.0 Å². The molecule has 0 heterocycles. The van der Waals surface area contributed by atoms with Crippen molar-refractivity contribution in [3.05, 3.63) is 35.9 Å². The third kappa shape index (κ3) is 5.03. The number of rotatable bonds is 6. The maximum Gasteiger partial charge on any atom is 0.310 e. The fraction of sp³-hybridized carbons (Fsp3) is 0.400. The summed E-state index contributed by atoms with van der Waals surface area (Å²) in [5.74, 6) is 2.14. The lowest BCUT2D eigenvalue weighted by molar-refractivity contribution is -0.149. The molecule has 0 saturated heterocycles. The predicted molar refractivity (Wildman–Crippen MR) is 71.7 cm³/mol. The fourth-order valence-electron chi connectivity index (χ4n) is 1.37. The molecule has 0 aliphatic carbocycles. The Kier molecular flexibility index (Phi) is 5.96. The van der Waals surface area contributed by atoms with Crippen molar-refractivity contribution < 1.29 is 9.53 Å². The first-order chi connectivity index (χ1) is 8.63. The van der Waals surface area contributed by atoms with E-state index in [9.17, 15) is 4.79 Å². The van der Waals surface area contributed by atoms with Crippen molar-refractivity contribution in [3.63, 3.8) is 0 Å². The Morgan fingerprint density at radius 2 is 2.06 bits per heavy atom. The van der Waals surface area contributed by atoms with Crippen LogP contribution in [-0.2, 0) is 16.1 Å². The molecule has 1 aromatic rings. The van der Waals surface area contributed by atoms with Crippen LogP contribution in [0.1, 0.15) is 19.4 Å². The topological polar surface area (TPSA) is 38.3 Å². The Bertz CT molecular complexity index is 408. The average molecular weight is 245 g/mol. The van der Waals surface area contributed by atoms with Gasteiger partial charge in [0.15, 0.2) is 0 Å². The van der Waals surface area contributed by atoms with Crippen molar-refractivity contribution in [2.24, 2.45) is 5.92 Å². The number of ether oxygens (including phenoxy) is 1. The highest BCUT2D eigenvalue weighted by atomic mass is 16.5. The molecular weight excluding hydrogens is 226 g/mol. The summed E-state index contributed by atoms with van der Waals surface area (Å²) in [6.07, 6.45) is 5.24. The second-order valence-electron chi connectivity index (χ2n) is 4.29. The molecule has 1 rings (SSSR count). The monoisotopic (exact) mass is 245 g/mol. The SMILES string of the molecule is C#CC(C)NCC(C)C(=O)OCc1ccccc1. The zero-order valence-electron chi connectivity index (χ0n) is 10.8. The highest BCUT2D eigenvalue weighted by Gasteiger charge is 2.14. The number of carbonyl (C=O) groups is 1. The molecule has 0 aromatic heterocycles. The Morgan fingerprint density at radius 3 is 2.67 bits per heavy atom. The largest absolute Gasteiger partial charge is 0.461 e. The van der Waals surface area contributed by atoms with Gasteiger partial charge >= 0.3 is 5.97 Å². The number of esters is 1. The molecule has 0 radical (unpaired) electrons. The van der Waals surface area contributed by atoms with Crippen LogP contribution in [0, 0.1) is 18.3 Å². The third-order valence-electron chi connectivity index (χ3n) is 2.61. The van der Waals surface area contributed by atoms with Crippen LogP contribution in [0.5, 0.6) is 0 Å². The highest BCUT2D eigenvalue weighted by molar-refractivity contribution is 5.72. The van der Waals surface area contributed by atoms with E-state index in [4.69, 9.17) is 11.2 Å². The van der Waals surface area contributed by atoms with E-state index in [2.05, 4.69) is 11.2 Å². The first-order valence-electron chi connectivity index (χ1n) is 6.03. The molecule has 3 nitrogen and oxygen atoms in total. The highest BCUT2D eigenvalue weighted by Crippen LogP contribution is 2.04. The minimum atomic E-state index is -0.212. The summed E-state index contributed by atoms with van der Waals surface area (Å²) in [5, 5.41) is 3.07. The van der Waals surface area contributed by atoms with Gasteiger partial charge in [0.25, 0.3) is 0 Å². The van der Waals surface area contributed by atoms with E-state index in [1.54, 1.807) is 0 Å². The van der Waals surface area contributed by atoms with Gasteiger partial charge in [-0.1, -0.05) is 43.2 Å². The Hall–Kier alpha value is -1.79. The maximum absolute atomic E-state index is 11.7. The van der Waals surface area contributed by atoms with Crippen LogP contribution in [0.4, 0.5) is 0 Å². The van der Waals surface area contributed by atoms with E-state index in [1.165, 1.54) is 0 Å². The molecule has 0 bridgehead atoms. The van der Waals surface area contributed by atoms with Crippen molar-refractivity contribution in [2.45, 2.75) is 26.5 Å². The summed E-state index contributed by atoms with van der Waals surface area (Å²) in [6, 6.07) is 9.59. The number of hydrogen-bond acceptors (Lipinski definition) is 3. The van der Waals surface area contributed by atoms with Crippen molar-refractivity contribution in [1.82, 2.24) is 5.32 Å². The molecule has 0 aliphatic rings. The molecule has 2 unspecified atom stereocenters. The number of benzene rings is 1. The zero-order chi connectivity index (χ0) is 13.4. The second kappa shape index (κ2) is 7.52. The molecule has 96 valence electrons. The molecule has 0 aliphatic heterocycles. The summed E-state index contributed by atoms with van der Waals surface area (Å²) >= 11 is 0. The molecule has 0 saturated carbocycles. The lowest BCUT2D eigenvalue weighted by Gasteiger charge is -2.13. The Balaban J connectivity index is 2.30. The summed E-state index contributed by atoms with van der Waals surface area (Å²) in [4.78, 5) is 11.7. The van der Waals surface area contributed by atoms with Gasteiger partial charge in [0.2, 0.25) is 0 Å². The van der Waals surface area contributed by atoms with Crippen molar-refractivity contribution in [3.8, 4) is 12.3 Å². The van der Waals surface area contributed by atoms with Crippen molar-refractivity contribution in [2.75, 3.05) is 6.54 Å². The molecule has 18 heavy (non-hydrogen) atoms. The molecular formula is C15H19NO2. The zero-order valence-corrected chi connectivity index (χ0v) is 10.8. The predicted octanol–water partition coefficient (Wildman–Crippen LogP) is 1.98. The molecule has 2 atom stereocenters. The van der Waals surface area contributed by atoms with Gasteiger partial charge in [-0.25, -0.2) is 0 Å². The lowest BCUT2D eigenvalue weighted by Crippen LogP contribution is -2.33. The van der Waals surface area contributed by atoms with E-state index in [0.29, 0.717) is 13.2 Å². The van der Waals surface area contributed by atoms with Crippen molar-refractivity contribution in [1.29, 1.82) is 0 Å². The summed E-state index contributed by atoms with van der Waals surface area (Å²) in [7, 11) is 0. The van der Waals surface area contributed by atoms with Crippen LogP contribution in [0.3, 0.4) is 0 Å². The number of terminal acetylenes is 1. The first-order valence-corrected chi connectivity index (χ1v) is 6.03. The van der Waals surface area contributed by atoms with E-state index in [1.807, 2.05) is 44.2 Å². The lowest BCUT2D eigenvalue weighted by atomic mass is 10.1. The minimum Gasteiger partial charge on any atom is -0.461 e. The van der Waals surface area contributed by atoms with Crippen LogP contribution in [0.25, 0.3) is 0 Å². The molecule has 3 heteroatoms. The maximum atomic E-state index is 11.7. The van der Waals surface area contributed by atoms with Gasteiger partial charge in [-0.2, -0.15) is 0 Å². The summed E-state index contributed by atoms with van der Waals surface area (Å²) in [5.41, 5.74) is 0.989. The normalized spacial score (nSPS) is 13.4. The fourth-order valence-corrected chi connectivity index (χ4v) is 1.37. The molecule has 1 N–H and O–H groups in total. The van der Waals surface area contributed by atoms with E-state index in [0.717, 1.165) is 5.56 Å². The quantitative estimate of drug-likeness (QED) is 0.615. The molecule has 1 aromatic carbocycles. The smallest absolute Gasteiger partial charge is 0.310 e. The Morgan fingerprint density at radius 1 is 1.39 bits per heavy atom. The van der Waals surface area contributed by atoms with Gasteiger partial charge < -0.3 is 10.1 Å². The summed E-state index contributed by atoms with van der Waals surface area (Å²) < 4.78 is 5.23. The van der Waals surface area contributed by atoms with Crippen LogP contribution in [0.15, 0.2) is 30.3 Å². The standard InChI is InChI=1S/C15H19NO2/c1-4-13(3)16-10-12(2)15(17)18-11-14-8-6-5-7-9-14/h1,5-9,12-13,16H,10-11H2,2-3H3. The van der Waals surface area contributed by atoms with E-state index < -0.39 is 0 Å². The van der Waals surface area contributed by atoms with Gasteiger partial charge in [-0.15, -0.1) is 6.42 Å². The Labute approximate surface area is 109 Å². The second-order valence-corrected chi connectivity index (χ2v) is 4.29. The number of carbonyl (C=O) groups excluding carboxylic acids is 1. The van der Waals surface area contributed by atoms with Crippen LogP contribution in [0.2, 0.25) is 0 Å². The van der Waals surface area contributed by atoms with Crippen LogP contribution in [-0.4, -0.2) is 18.6 Å². The summed E-state index contributed by atoms with van der Waals surface area (Å²) in [6.45, 7) is 4.54. The molecule has 0 amide bonds. The van der Waals surface area contributed by atoms with Gasteiger partial charge in [0.1, 0.15) is 6.61 Å². The van der Waals surface area contributed by atoms with E-state index in [-0.39, 0.29) is 17.9 Å². The molecule has 0 spiro atoms. The third-order valence-corrected chi connectivity index (χ3v) is 2.61. The number of hydrogen-bond donors (Lipinski definition) is 1. The van der Waals surface area contributed by atoms with Gasteiger partial charge in [0, 0.05) is 6.54 Å². The van der Waals surface area contributed by atoms with E-state index >= 15 is 0 Å². The average Bonchev–Trinajstić information content (AvgIpc) is 2.42. The molecule has 0 fully saturated rings. The first kappa shape index (κ1) is 14.3. The van der Waals surface area contributed by atoms with Crippen LogP contribution < -0.4 is 5.32 Å². The number of nitrogens with one attached hydrogen (secondary N) is 1. The van der Waals surface area contributed by atoms with Gasteiger partial charge in [-0.3, -0.25) is 4.79 Å². The van der Waals surface area contributed by atoms with Crippen molar-refractivity contribution >= 4 is 5.97 Å². The van der Waals surface area contributed by atoms with Gasteiger partial charge in [-0.05, 0) is 12.5 Å². The van der Waals surface area contributed by atoms with Crippen LogP contribution >= 0.6 is 0 Å². The minimum absolute atomic E-state index is 0.0330.